The van der Waals surface area contributed by atoms with Crippen molar-refractivity contribution in [2.45, 2.75) is 19.9 Å². The van der Waals surface area contributed by atoms with Gasteiger partial charge in [0, 0.05) is 24.8 Å². The average molecular weight is 208 g/mol. The van der Waals surface area contributed by atoms with Gasteiger partial charge in [0.05, 0.1) is 11.9 Å². The molecule has 1 heterocycles. The molecule has 0 spiro atoms. The lowest BCUT2D eigenvalue weighted by Gasteiger charge is -2.25. The first-order valence-corrected chi connectivity index (χ1v) is 4.72. The standard InChI is InChI=1S/C10H16N4O/c1-7(2)14(3)9-6-12-5-4-8(9)10(11)13-15/h4-7,15H,1-3H3,(H2,11,13). The van der Waals surface area contributed by atoms with E-state index in [1.807, 2.05) is 11.9 Å². The Morgan fingerprint density at radius 3 is 2.80 bits per heavy atom. The van der Waals surface area contributed by atoms with Gasteiger partial charge in [-0.15, -0.1) is 0 Å². The van der Waals surface area contributed by atoms with Gasteiger partial charge in [-0.3, -0.25) is 4.98 Å². The van der Waals surface area contributed by atoms with Gasteiger partial charge in [0.1, 0.15) is 0 Å². The van der Waals surface area contributed by atoms with Crippen LogP contribution in [0, 0.1) is 0 Å². The van der Waals surface area contributed by atoms with Gasteiger partial charge < -0.3 is 15.8 Å². The summed E-state index contributed by atoms with van der Waals surface area (Å²) in [6, 6.07) is 2.04. The van der Waals surface area contributed by atoms with E-state index < -0.39 is 0 Å². The lowest BCUT2D eigenvalue weighted by atomic mass is 10.2. The molecule has 0 unspecified atom stereocenters. The maximum Gasteiger partial charge on any atom is 0.172 e. The monoisotopic (exact) mass is 208 g/mol. The van der Waals surface area contributed by atoms with Gasteiger partial charge >= 0.3 is 0 Å². The normalized spacial score (nSPS) is 11.9. The van der Waals surface area contributed by atoms with Crippen LogP contribution in [0.2, 0.25) is 0 Å². The Kier molecular flexibility index (Phi) is 3.49. The summed E-state index contributed by atoms with van der Waals surface area (Å²) in [7, 11) is 1.94. The van der Waals surface area contributed by atoms with Crippen LogP contribution in [0.15, 0.2) is 23.6 Å². The van der Waals surface area contributed by atoms with Crippen molar-refractivity contribution in [1.82, 2.24) is 4.98 Å². The molecule has 0 aromatic carbocycles. The van der Waals surface area contributed by atoms with E-state index in [0.29, 0.717) is 11.6 Å². The van der Waals surface area contributed by atoms with E-state index in [9.17, 15) is 0 Å². The molecule has 1 aromatic heterocycles. The predicted molar refractivity (Wildman–Crippen MR) is 60.3 cm³/mol. The second-order valence-corrected chi connectivity index (χ2v) is 3.58. The molecule has 82 valence electrons. The summed E-state index contributed by atoms with van der Waals surface area (Å²) < 4.78 is 0. The number of anilines is 1. The second kappa shape index (κ2) is 4.63. The number of hydrogen-bond acceptors (Lipinski definition) is 4. The molecule has 0 atom stereocenters. The predicted octanol–water partition coefficient (Wildman–Crippen LogP) is 1.02. The summed E-state index contributed by atoms with van der Waals surface area (Å²) in [5.74, 6) is 0.0971. The molecule has 0 saturated carbocycles. The minimum absolute atomic E-state index is 0.0971. The number of nitrogens with two attached hydrogens (primary N) is 1. The van der Waals surface area contributed by atoms with E-state index in [1.54, 1.807) is 18.5 Å². The fraction of sp³-hybridized carbons (Fsp3) is 0.400. The van der Waals surface area contributed by atoms with E-state index in [2.05, 4.69) is 24.0 Å². The Morgan fingerprint density at radius 2 is 2.27 bits per heavy atom. The van der Waals surface area contributed by atoms with Crippen molar-refractivity contribution in [3.63, 3.8) is 0 Å². The molecule has 0 amide bonds. The molecular formula is C10H16N4O. The molecule has 3 N–H and O–H groups in total. The zero-order valence-corrected chi connectivity index (χ0v) is 9.18. The molecule has 0 bridgehead atoms. The van der Waals surface area contributed by atoms with Gasteiger partial charge in [-0.2, -0.15) is 0 Å². The molecule has 0 aliphatic carbocycles. The second-order valence-electron chi connectivity index (χ2n) is 3.58. The summed E-state index contributed by atoms with van der Waals surface area (Å²) in [5, 5.41) is 11.7. The van der Waals surface area contributed by atoms with Gasteiger partial charge in [-0.1, -0.05) is 5.16 Å². The van der Waals surface area contributed by atoms with Crippen LogP contribution in [-0.4, -0.2) is 29.1 Å². The summed E-state index contributed by atoms with van der Waals surface area (Å²) in [5.41, 5.74) is 7.11. The largest absolute Gasteiger partial charge is 0.409 e. The van der Waals surface area contributed by atoms with E-state index >= 15 is 0 Å². The van der Waals surface area contributed by atoms with Crippen LogP contribution in [0.1, 0.15) is 19.4 Å². The number of aromatic nitrogens is 1. The number of nitrogens with zero attached hydrogens (tertiary/aromatic N) is 3. The molecule has 15 heavy (non-hydrogen) atoms. The fourth-order valence-electron chi connectivity index (χ4n) is 1.22. The fourth-order valence-corrected chi connectivity index (χ4v) is 1.22. The van der Waals surface area contributed by atoms with Crippen molar-refractivity contribution in [2.24, 2.45) is 10.9 Å². The maximum atomic E-state index is 8.66. The highest BCUT2D eigenvalue weighted by molar-refractivity contribution is 6.01. The Balaban J connectivity index is 3.18. The Labute approximate surface area is 89.2 Å². The average Bonchev–Trinajstić information content (AvgIpc) is 2.27. The summed E-state index contributed by atoms with van der Waals surface area (Å²) in [6.07, 6.45) is 3.32. The molecule has 1 aromatic rings. The first kappa shape index (κ1) is 11.3. The lowest BCUT2D eigenvalue weighted by molar-refractivity contribution is 0.318. The van der Waals surface area contributed by atoms with Gasteiger partial charge in [-0.25, -0.2) is 0 Å². The third-order valence-corrected chi connectivity index (χ3v) is 2.34. The first-order chi connectivity index (χ1) is 7.07. The van der Waals surface area contributed by atoms with E-state index in [1.165, 1.54) is 0 Å². The third kappa shape index (κ3) is 2.37. The van der Waals surface area contributed by atoms with Gasteiger partial charge in [-0.05, 0) is 19.9 Å². The van der Waals surface area contributed by atoms with Crippen molar-refractivity contribution in [3.05, 3.63) is 24.0 Å². The molecule has 0 aliphatic rings. The number of rotatable bonds is 3. The number of hydrogen-bond donors (Lipinski definition) is 2. The van der Waals surface area contributed by atoms with Crippen molar-refractivity contribution in [2.75, 3.05) is 11.9 Å². The van der Waals surface area contributed by atoms with E-state index in [0.717, 1.165) is 5.69 Å². The van der Waals surface area contributed by atoms with Gasteiger partial charge in [0.15, 0.2) is 5.84 Å². The van der Waals surface area contributed by atoms with Crippen LogP contribution >= 0.6 is 0 Å². The van der Waals surface area contributed by atoms with Crippen LogP contribution in [0.25, 0.3) is 0 Å². The zero-order chi connectivity index (χ0) is 11.4. The molecular weight excluding hydrogens is 192 g/mol. The van der Waals surface area contributed by atoms with Crippen LogP contribution < -0.4 is 10.6 Å². The number of pyridine rings is 1. The molecule has 0 aliphatic heterocycles. The summed E-state index contributed by atoms with van der Waals surface area (Å²) >= 11 is 0. The highest BCUT2D eigenvalue weighted by Crippen LogP contribution is 2.19. The van der Waals surface area contributed by atoms with E-state index in [4.69, 9.17) is 10.9 Å². The Bertz CT molecular complexity index is 362. The van der Waals surface area contributed by atoms with Crippen LogP contribution in [0.3, 0.4) is 0 Å². The first-order valence-electron chi connectivity index (χ1n) is 4.72. The molecule has 0 radical (unpaired) electrons. The van der Waals surface area contributed by atoms with Crippen molar-refractivity contribution < 1.29 is 5.21 Å². The van der Waals surface area contributed by atoms with Crippen molar-refractivity contribution >= 4 is 11.5 Å². The van der Waals surface area contributed by atoms with Crippen molar-refractivity contribution in [3.8, 4) is 0 Å². The lowest BCUT2D eigenvalue weighted by Crippen LogP contribution is -2.29. The minimum Gasteiger partial charge on any atom is -0.409 e. The molecule has 0 fully saturated rings. The van der Waals surface area contributed by atoms with Crippen LogP contribution in [0.5, 0.6) is 0 Å². The SMILES string of the molecule is CC(C)N(C)c1cnccc1/C(N)=N/O. The minimum atomic E-state index is 0.0971. The Hall–Kier alpha value is -1.78. The third-order valence-electron chi connectivity index (χ3n) is 2.34. The number of oxime groups is 1. The maximum absolute atomic E-state index is 8.66. The van der Waals surface area contributed by atoms with Crippen molar-refractivity contribution in [1.29, 1.82) is 0 Å². The van der Waals surface area contributed by atoms with Gasteiger partial charge in [0.25, 0.3) is 0 Å². The molecule has 1 rings (SSSR count). The van der Waals surface area contributed by atoms with Crippen LogP contribution in [0.4, 0.5) is 5.69 Å². The molecule has 0 saturated heterocycles. The Morgan fingerprint density at radius 1 is 1.60 bits per heavy atom. The smallest absolute Gasteiger partial charge is 0.172 e. The molecule has 5 nitrogen and oxygen atoms in total. The molecule has 5 heteroatoms. The van der Waals surface area contributed by atoms with Gasteiger partial charge in [0.2, 0.25) is 0 Å². The topological polar surface area (TPSA) is 74.7 Å². The summed E-state index contributed by atoms with van der Waals surface area (Å²) in [4.78, 5) is 6.05. The van der Waals surface area contributed by atoms with E-state index in [-0.39, 0.29) is 5.84 Å². The quantitative estimate of drug-likeness (QED) is 0.336. The highest BCUT2D eigenvalue weighted by Gasteiger charge is 2.12. The summed E-state index contributed by atoms with van der Waals surface area (Å²) in [6.45, 7) is 4.12. The highest BCUT2D eigenvalue weighted by atomic mass is 16.4. The zero-order valence-electron chi connectivity index (χ0n) is 9.18. The van der Waals surface area contributed by atoms with Crippen LogP contribution in [-0.2, 0) is 0 Å². The number of amidine groups is 1.